The van der Waals surface area contributed by atoms with Gasteiger partial charge in [-0.05, 0) is 82.6 Å². The zero-order valence-electron chi connectivity index (χ0n) is 35.1. The van der Waals surface area contributed by atoms with Gasteiger partial charge in [-0.3, -0.25) is 0 Å². The summed E-state index contributed by atoms with van der Waals surface area (Å²) in [5.74, 6) is 2.67. The lowest BCUT2D eigenvalue weighted by molar-refractivity contribution is -0.151. The van der Waals surface area contributed by atoms with E-state index in [1.807, 2.05) is 0 Å². The molecule has 3 amide bonds. The molecule has 0 aromatic heterocycles. The summed E-state index contributed by atoms with van der Waals surface area (Å²) in [5, 5.41) is 9.85. The minimum Gasteiger partial charge on any atom is -1.00 e. The van der Waals surface area contributed by atoms with E-state index in [2.05, 4.69) is 17.2 Å². The first-order valence-electron chi connectivity index (χ1n) is 14.8. The topological polar surface area (TPSA) is 171 Å². The number of alkyl carbamates (subject to hydrolysis) is 1. The average Bonchev–Trinajstić information content (AvgIpc) is 3.76. The zero-order valence-corrected chi connectivity index (χ0v) is 29.1. The van der Waals surface area contributed by atoms with E-state index >= 15 is 0 Å². The fourth-order valence-electron chi connectivity index (χ4n) is 3.91. The Hall–Kier alpha value is -4.44. The summed E-state index contributed by atoms with van der Waals surface area (Å²) in [6.07, 6.45) is 8.60. The van der Waals surface area contributed by atoms with Crippen LogP contribution in [0.2, 0.25) is 0 Å². The van der Waals surface area contributed by atoms with E-state index in [0.717, 1.165) is 0 Å². The van der Waals surface area contributed by atoms with Crippen LogP contribution in [0.15, 0.2) is 0 Å². The first-order chi connectivity index (χ1) is 20.9. The lowest BCUT2D eigenvalue weighted by Crippen LogP contribution is -2.55. The molecule has 0 spiro atoms. The van der Waals surface area contributed by atoms with Crippen molar-refractivity contribution in [3.8, 4) is 30.8 Å². The van der Waals surface area contributed by atoms with Crippen LogP contribution < -0.4 is 5.32 Å². The van der Waals surface area contributed by atoms with E-state index in [0.29, 0.717) is 11.3 Å². The first-order valence-corrected chi connectivity index (χ1v) is 14.8. The van der Waals surface area contributed by atoms with Crippen molar-refractivity contribution in [2.45, 2.75) is 139 Å². The van der Waals surface area contributed by atoms with Gasteiger partial charge in [-0.2, -0.15) is 10.2 Å². The van der Waals surface area contributed by atoms with Crippen LogP contribution in [0.5, 0.6) is 0 Å². The Labute approximate surface area is 296 Å². The molecule has 1 N–H and O–H groups in total. The normalized spacial score (nSPS) is 21.5. The molecule has 48 heavy (non-hydrogen) atoms. The predicted molar refractivity (Wildman–Crippen MR) is 188 cm³/mol. The third-order valence-electron chi connectivity index (χ3n) is 5.84. The fourth-order valence-corrected chi connectivity index (χ4v) is 3.91. The largest absolute Gasteiger partial charge is 1.00 e. The number of carbonyl (C=O) groups excluding carboxylic acids is 5. The van der Waals surface area contributed by atoms with Crippen molar-refractivity contribution in [2.24, 2.45) is 11.8 Å². The van der Waals surface area contributed by atoms with Crippen LogP contribution in [-0.4, -0.2) is 76.2 Å². The van der Waals surface area contributed by atoms with E-state index in [4.69, 9.17) is 41.8 Å². The van der Waals surface area contributed by atoms with Crippen molar-refractivity contribution in [1.82, 2.24) is 10.2 Å². The number of amides is 3. The second kappa shape index (κ2) is 18.8. The zero-order chi connectivity index (χ0) is 36.3. The van der Waals surface area contributed by atoms with Gasteiger partial charge in [-0.15, -0.1) is 24.7 Å². The van der Waals surface area contributed by atoms with Crippen molar-refractivity contribution in [3.05, 3.63) is 0 Å². The highest BCUT2D eigenvalue weighted by atomic mass is 16.6. The molecule has 4 atom stereocenters. The van der Waals surface area contributed by atoms with Gasteiger partial charge in [-0.25, -0.2) is 24.0 Å². The number of nitriles is 1. The first kappa shape index (κ1) is 48.0. The van der Waals surface area contributed by atoms with Gasteiger partial charge in [0.05, 0.1) is 31.1 Å². The number of nitrogens with one attached hydrogen (secondary N) is 1. The molecule has 0 bridgehead atoms. The summed E-state index contributed by atoms with van der Waals surface area (Å²) < 4.78 is 25.7. The van der Waals surface area contributed by atoms with Crippen LogP contribution in [0.25, 0.3) is 0 Å². The number of ether oxygens (including phenoxy) is 5. The predicted octanol–water partition coefficient (Wildman–Crippen LogP) is 7.06. The third kappa shape index (κ3) is 14.1. The minimum atomic E-state index is -1.59. The quantitative estimate of drug-likeness (QED) is 0.172. The summed E-state index contributed by atoms with van der Waals surface area (Å²) in [6, 6.07) is 1.75. The average molecular weight is 692 g/mol. The SMILES string of the molecule is C.C.C#C[C@@H]1C[C@@]1(C(=O)OCC)N(C(=O)OC(C)(C)C)C(=O)OC(C)(C)C.C#C[C@@H]1C[C@]1(NC(=O)OC(C)(C)C)C(=O)OCC.CC#N.[2H-].[2H-].[2H-].[2H-].[2H-].[2H-]. The Morgan fingerprint density at radius 2 is 1.15 bits per heavy atom. The second-order valence-corrected chi connectivity index (χ2v) is 13.3. The number of hydrogen-bond acceptors (Lipinski definition) is 11. The van der Waals surface area contributed by atoms with Crippen LogP contribution in [0.1, 0.15) is 119 Å². The summed E-state index contributed by atoms with van der Waals surface area (Å²) in [5.41, 5.74) is -5.05. The number of nitrogens with zero attached hydrogens (tertiary/aromatic N) is 2. The van der Waals surface area contributed by atoms with E-state index in [1.165, 1.54) is 6.92 Å². The van der Waals surface area contributed by atoms with Gasteiger partial charge in [0.1, 0.15) is 16.8 Å². The van der Waals surface area contributed by atoms with Gasteiger partial charge in [0.15, 0.2) is 11.1 Å². The maximum Gasteiger partial charge on any atom is 0.420 e. The molecule has 2 fully saturated rings. The van der Waals surface area contributed by atoms with Gasteiger partial charge >= 0.3 is 30.2 Å². The molecule has 2 rings (SSSR count). The number of esters is 2. The Morgan fingerprint density at radius 3 is 1.44 bits per heavy atom. The lowest BCUT2D eigenvalue weighted by atomic mass is 10.1. The molecule has 13 nitrogen and oxygen atoms in total. The Balaban J connectivity index is -0.0000000901. The number of rotatable bonds is 6. The van der Waals surface area contributed by atoms with Crippen LogP contribution in [-0.2, 0) is 33.3 Å². The van der Waals surface area contributed by atoms with Crippen molar-refractivity contribution < 1.29 is 56.2 Å². The summed E-state index contributed by atoms with van der Waals surface area (Å²) in [6.45, 7) is 20.3. The molecular weight excluding hydrogens is 622 g/mol. The van der Waals surface area contributed by atoms with Gasteiger partial charge < -0.3 is 37.6 Å². The standard InChI is InChI=1S/C18H27NO6.C13H19NO4.C2H3N.2CH4.6H/c1-9-12-11-18(12,13(20)23-10-2)19(14(21)24-16(3,4)5)15(22)25-17(6,7)8;1-6-9-8-13(9,10(15)17-7-2)14-11(16)18-12(3,4)5;1-2-3;;;;;;;;/h1,12H,10-11H2,2-8H3;1,9H,7-8H2,2-5H3,(H,14,16);1H3;2*1H4;;;;;;/q;;;;;6*-1/t12-,18-;9-,13-;;;;;;;;;/m11........./s1/i;;;;;6*1+1. The lowest BCUT2D eigenvalue weighted by Gasteiger charge is -2.32. The van der Waals surface area contributed by atoms with E-state index in [1.54, 1.807) is 82.2 Å². The molecule has 0 aliphatic heterocycles. The molecule has 2 aliphatic carbocycles. The Kier molecular flexibility index (Phi) is 18.8. The molecule has 0 saturated heterocycles. The van der Waals surface area contributed by atoms with Gasteiger partial charge in [0.25, 0.3) is 0 Å². The van der Waals surface area contributed by atoms with Crippen molar-refractivity contribution in [1.29, 1.82) is 5.26 Å². The van der Waals surface area contributed by atoms with Crippen molar-refractivity contribution in [2.75, 3.05) is 13.2 Å². The number of terminal acetylenes is 2. The minimum absolute atomic E-state index is 0. The highest BCUT2D eigenvalue weighted by molar-refractivity contribution is 5.99. The van der Waals surface area contributed by atoms with E-state index < -0.39 is 64.0 Å². The highest BCUT2D eigenvalue weighted by Gasteiger charge is 2.70. The van der Waals surface area contributed by atoms with Crippen LogP contribution in [0, 0.1) is 47.9 Å². The molecule has 0 aromatic carbocycles. The van der Waals surface area contributed by atoms with Crippen molar-refractivity contribution in [3.63, 3.8) is 0 Å². The number of imide groups is 1. The maximum absolute atomic E-state index is 12.7. The highest BCUT2D eigenvalue weighted by Crippen LogP contribution is 2.50. The van der Waals surface area contributed by atoms with Gasteiger partial charge in [0, 0.05) is 13.3 Å². The third-order valence-corrected chi connectivity index (χ3v) is 5.84. The van der Waals surface area contributed by atoms with Crippen molar-refractivity contribution >= 4 is 30.2 Å². The van der Waals surface area contributed by atoms with Crippen LogP contribution in [0.4, 0.5) is 14.4 Å². The van der Waals surface area contributed by atoms with E-state index in [-0.39, 0.29) is 49.0 Å². The van der Waals surface area contributed by atoms with Gasteiger partial charge in [-0.1, -0.05) is 14.9 Å². The van der Waals surface area contributed by atoms with Crippen LogP contribution in [0.3, 0.4) is 0 Å². The number of carbonyl (C=O) groups is 5. The second-order valence-electron chi connectivity index (χ2n) is 13.3. The summed E-state index contributed by atoms with van der Waals surface area (Å²) >= 11 is 0. The monoisotopic (exact) mass is 691 g/mol. The summed E-state index contributed by atoms with van der Waals surface area (Å²) in [4.78, 5) is 62.0. The molecule has 2 saturated carbocycles. The molecule has 284 valence electrons. The smallest absolute Gasteiger partial charge is 0.420 e. The van der Waals surface area contributed by atoms with Gasteiger partial charge in [0.2, 0.25) is 0 Å². The Bertz CT molecular complexity index is 1250. The molecule has 0 radical (unpaired) electrons. The molecule has 0 heterocycles. The molecule has 2 aliphatic rings. The summed E-state index contributed by atoms with van der Waals surface area (Å²) in [7, 11) is 0. The molecule has 0 aromatic rings. The number of hydrogen-bond donors (Lipinski definition) is 1. The molecule has 0 unspecified atom stereocenters. The fraction of sp³-hybridized carbons (Fsp3) is 0.714. The molecule has 13 heteroatoms. The van der Waals surface area contributed by atoms with Crippen LogP contribution >= 0.6 is 0 Å². The maximum atomic E-state index is 12.7. The van der Waals surface area contributed by atoms with E-state index in [9.17, 15) is 24.0 Å². The molecular formula is C35H63N3O10-6. The Morgan fingerprint density at radius 1 is 0.771 bits per heavy atom.